The lowest BCUT2D eigenvalue weighted by atomic mass is 10.1. The van der Waals surface area contributed by atoms with E-state index in [1.165, 1.54) is 0 Å². The maximum absolute atomic E-state index is 8.78. The van der Waals surface area contributed by atoms with Gasteiger partial charge in [-0.3, -0.25) is 0 Å². The fourth-order valence-corrected chi connectivity index (χ4v) is 1.65. The van der Waals surface area contributed by atoms with E-state index in [1.807, 2.05) is 24.3 Å². The quantitative estimate of drug-likeness (QED) is 0.871. The summed E-state index contributed by atoms with van der Waals surface area (Å²) in [5.41, 5.74) is 1.11. The molecule has 2 rings (SSSR count). The molecule has 0 spiro atoms. The van der Waals surface area contributed by atoms with Crippen molar-refractivity contribution >= 4 is 11.6 Å². The number of halogens is 1. The molecule has 0 aliphatic heterocycles. The van der Waals surface area contributed by atoms with Crippen molar-refractivity contribution in [3.8, 4) is 0 Å². The molecule has 0 aliphatic carbocycles. The highest BCUT2D eigenvalue weighted by Gasteiger charge is 2.06. The number of tetrazole rings is 1. The van der Waals surface area contributed by atoms with E-state index in [4.69, 9.17) is 16.7 Å². The Balaban J connectivity index is 2.07. The minimum atomic E-state index is 0.139. The normalized spacial score (nSPS) is 10.7. The molecule has 0 amide bonds. The van der Waals surface area contributed by atoms with E-state index in [9.17, 15) is 0 Å². The number of aliphatic hydroxyl groups excluding tert-OH is 1. The first-order chi connectivity index (χ1) is 8.29. The minimum absolute atomic E-state index is 0.139. The molecule has 0 radical (unpaired) electrons. The smallest absolute Gasteiger partial charge is 0.155 e. The Bertz CT molecular complexity index is 469. The molecule has 0 aliphatic rings. The van der Waals surface area contributed by atoms with Gasteiger partial charge in [0, 0.05) is 24.6 Å². The van der Waals surface area contributed by atoms with Crippen molar-refractivity contribution in [3.63, 3.8) is 0 Å². The van der Waals surface area contributed by atoms with Crippen LogP contribution in [0, 0.1) is 0 Å². The van der Waals surface area contributed by atoms with Gasteiger partial charge in [0.05, 0.1) is 0 Å². The van der Waals surface area contributed by atoms with Gasteiger partial charge in [0.1, 0.15) is 0 Å². The van der Waals surface area contributed by atoms with E-state index in [-0.39, 0.29) is 6.61 Å². The van der Waals surface area contributed by atoms with Crippen molar-refractivity contribution in [2.45, 2.75) is 19.4 Å². The zero-order valence-electron chi connectivity index (χ0n) is 9.25. The highest BCUT2D eigenvalue weighted by atomic mass is 35.5. The molecule has 1 aromatic heterocycles. The van der Waals surface area contributed by atoms with Gasteiger partial charge in [-0.05, 0) is 34.5 Å². The molecule has 0 atom stereocenters. The molecule has 5 nitrogen and oxygen atoms in total. The molecular formula is C11H13ClN4O. The molecule has 17 heavy (non-hydrogen) atoms. The molecule has 0 bridgehead atoms. The summed E-state index contributed by atoms with van der Waals surface area (Å²) in [5.74, 6) is 0.792. The third-order valence-electron chi connectivity index (χ3n) is 2.41. The minimum Gasteiger partial charge on any atom is -0.396 e. The van der Waals surface area contributed by atoms with E-state index in [0.717, 1.165) is 11.4 Å². The largest absolute Gasteiger partial charge is 0.396 e. The predicted molar refractivity (Wildman–Crippen MR) is 63.8 cm³/mol. The van der Waals surface area contributed by atoms with E-state index in [0.29, 0.717) is 24.4 Å². The second-order valence-corrected chi connectivity index (χ2v) is 4.14. The van der Waals surface area contributed by atoms with Crippen molar-refractivity contribution in [1.82, 2.24) is 20.2 Å². The Labute approximate surface area is 104 Å². The first-order valence-corrected chi connectivity index (χ1v) is 5.78. The second-order valence-electron chi connectivity index (χ2n) is 3.70. The lowest BCUT2D eigenvalue weighted by Crippen LogP contribution is -2.07. The van der Waals surface area contributed by atoms with Crippen LogP contribution in [0.3, 0.4) is 0 Å². The van der Waals surface area contributed by atoms with Crippen molar-refractivity contribution in [3.05, 3.63) is 40.7 Å². The summed E-state index contributed by atoms with van der Waals surface area (Å²) in [4.78, 5) is 0. The van der Waals surface area contributed by atoms with Crippen LogP contribution in [0.1, 0.15) is 17.8 Å². The third-order valence-corrected chi connectivity index (χ3v) is 2.66. The maximum atomic E-state index is 8.78. The first-order valence-electron chi connectivity index (χ1n) is 5.40. The van der Waals surface area contributed by atoms with Crippen LogP contribution >= 0.6 is 11.6 Å². The molecule has 0 fully saturated rings. The molecule has 6 heteroatoms. The van der Waals surface area contributed by atoms with Gasteiger partial charge in [-0.15, -0.1) is 5.10 Å². The topological polar surface area (TPSA) is 63.8 Å². The number of rotatable bonds is 5. The number of aromatic nitrogens is 4. The molecule has 1 heterocycles. The molecular weight excluding hydrogens is 240 g/mol. The molecule has 0 unspecified atom stereocenters. The van der Waals surface area contributed by atoms with Crippen LogP contribution in [-0.2, 0) is 13.0 Å². The maximum Gasteiger partial charge on any atom is 0.155 e. The van der Waals surface area contributed by atoms with Crippen LogP contribution in [-0.4, -0.2) is 31.9 Å². The second kappa shape index (κ2) is 5.75. The van der Waals surface area contributed by atoms with Crippen molar-refractivity contribution in [1.29, 1.82) is 0 Å². The van der Waals surface area contributed by atoms with Gasteiger partial charge >= 0.3 is 0 Å². The Hall–Kier alpha value is -1.46. The Morgan fingerprint density at radius 2 is 2.00 bits per heavy atom. The Kier molecular flexibility index (Phi) is 4.06. The summed E-state index contributed by atoms with van der Waals surface area (Å²) in [6.45, 7) is 0.771. The van der Waals surface area contributed by atoms with Crippen LogP contribution < -0.4 is 0 Å². The highest BCUT2D eigenvalue weighted by molar-refractivity contribution is 6.30. The standard InChI is InChI=1S/C11H13ClN4O/c12-10-4-2-9(3-5-10)8-11-13-14-15-16(11)6-1-7-17/h2-5,17H,1,6-8H2. The molecule has 0 saturated heterocycles. The molecule has 0 saturated carbocycles. The lowest BCUT2D eigenvalue weighted by molar-refractivity contribution is 0.275. The van der Waals surface area contributed by atoms with Gasteiger partial charge in [0.25, 0.3) is 0 Å². The van der Waals surface area contributed by atoms with Crippen LogP contribution in [0.5, 0.6) is 0 Å². The average Bonchev–Trinajstić information content (AvgIpc) is 2.77. The van der Waals surface area contributed by atoms with Gasteiger partial charge in [-0.2, -0.15) is 0 Å². The van der Waals surface area contributed by atoms with E-state index in [2.05, 4.69) is 15.5 Å². The van der Waals surface area contributed by atoms with Crippen LogP contribution in [0.25, 0.3) is 0 Å². The Morgan fingerprint density at radius 1 is 1.24 bits per heavy atom. The predicted octanol–water partition coefficient (Wildman–Crippen LogP) is 1.30. The highest BCUT2D eigenvalue weighted by Crippen LogP contribution is 2.12. The third kappa shape index (κ3) is 3.25. The molecule has 90 valence electrons. The average molecular weight is 253 g/mol. The van der Waals surface area contributed by atoms with Crippen LogP contribution in [0.15, 0.2) is 24.3 Å². The van der Waals surface area contributed by atoms with Gasteiger partial charge < -0.3 is 5.11 Å². The van der Waals surface area contributed by atoms with Crippen LogP contribution in [0.4, 0.5) is 0 Å². The SMILES string of the molecule is OCCCn1nnnc1Cc1ccc(Cl)cc1. The number of aryl methyl sites for hydroxylation is 1. The summed E-state index contributed by atoms with van der Waals surface area (Å²) < 4.78 is 1.71. The van der Waals surface area contributed by atoms with Crippen molar-refractivity contribution < 1.29 is 5.11 Å². The van der Waals surface area contributed by atoms with Gasteiger partial charge in [-0.1, -0.05) is 23.7 Å². The zero-order chi connectivity index (χ0) is 12.1. The summed E-state index contributed by atoms with van der Waals surface area (Å²) in [6.07, 6.45) is 1.31. The van der Waals surface area contributed by atoms with Gasteiger partial charge in [-0.25, -0.2) is 4.68 Å². The zero-order valence-corrected chi connectivity index (χ0v) is 10.0. The fraction of sp³-hybridized carbons (Fsp3) is 0.364. The van der Waals surface area contributed by atoms with Crippen molar-refractivity contribution in [2.75, 3.05) is 6.61 Å². The number of hydrogen-bond donors (Lipinski definition) is 1. The van der Waals surface area contributed by atoms with Gasteiger partial charge in [0.2, 0.25) is 0 Å². The number of nitrogens with zero attached hydrogens (tertiary/aromatic N) is 4. The summed E-state index contributed by atoms with van der Waals surface area (Å²) in [6, 6.07) is 7.60. The number of hydrogen-bond acceptors (Lipinski definition) is 4. The summed E-state index contributed by atoms with van der Waals surface area (Å²) in [5, 5.41) is 21.0. The van der Waals surface area contributed by atoms with E-state index >= 15 is 0 Å². The van der Waals surface area contributed by atoms with Gasteiger partial charge in [0.15, 0.2) is 5.82 Å². The lowest BCUT2D eigenvalue weighted by Gasteiger charge is -2.03. The summed E-state index contributed by atoms with van der Waals surface area (Å²) >= 11 is 5.82. The first kappa shape index (κ1) is 12.0. The van der Waals surface area contributed by atoms with E-state index in [1.54, 1.807) is 4.68 Å². The monoisotopic (exact) mass is 252 g/mol. The van der Waals surface area contributed by atoms with Crippen LogP contribution in [0.2, 0.25) is 5.02 Å². The Morgan fingerprint density at radius 3 is 2.71 bits per heavy atom. The van der Waals surface area contributed by atoms with E-state index < -0.39 is 0 Å². The number of benzene rings is 1. The molecule has 1 N–H and O–H groups in total. The van der Waals surface area contributed by atoms with Crippen molar-refractivity contribution in [2.24, 2.45) is 0 Å². The molecule has 1 aromatic carbocycles. The number of aliphatic hydroxyl groups is 1. The summed E-state index contributed by atoms with van der Waals surface area (Å²) in [7, 11) is 0. The molecule has 2 aromatic rings. The fourth-order valence-electron chi connectivity index (χ4n) is 1.53.